The highest BCUT2D eigenvalue weighted by Crippen LogP contribution is 2.22. The summed E-state index contributed by atoms with van der Waals surface area (Å²) in [5.74, 6) is -1.43. The van der Waals surface area contributed by atoms with Crippen molar-refractivity contribution in [3.05, 3.63) is 151 Å². The predicted molar refractivity (Wildman–Crippen MR) is 183 cm³/mol. The summed E-state index contributed by atoms with van der Waals surface area (Å²) < 4.78 is 11.2. The second kappa shape index (κ2) is 14.9. The number of hydrogen-bond acceptors (Lipinski definition) is 12. The lowest BCUT2D eigenvalue weighted by molar-refractivity contribution is -0.385. The van der Waals surface area contributed by atoms with Gasteiger partial charge in [-0.1, -0.05) is 24.3 Å². The standard InChI is InChI=1S/C36H28N6O8/c1-21-33(35(43)49-27-17-13-25(14-18-27)41(45)46)22(2)38-31-11-7-8-12-32(31)40-24(4)34(23(3)39-30-10-6-5-9-29(30)37-21)36(44)50-28-19-15-26(16-20-28)42(47)48/h5-20H,1-4H3. The summed E-state index contributed by atoms with van der Waals surface area (Å²) in [5.41, 5.74) is 2.09. The zero-order valence-corrected chi connectivity index (χ0v) is 27.2. The van der Waals surface area contributed by atoms with Crippen LogP contribution in [-0.2, 0) is 0 Å². The molecule has 0 aliphatic rings. The Labute approximate surface area is 284 Å². The van der Waals surface area contributed by atoms with Crippen molar-refractivity contribution in [2.24, 2.45) is 0 Å². The van der Waals surface area contributed by atoms with Gasteiger partial charge in [-0.25, -0.2) is 9.59 Å². The van der Waals surface area contributed by atoms with Crippen molar-refractivity contribution in [2.45, 2.75) is 27.7 Å². The first-order valence-electron chi connectivity index (χ1n) is 15.0. The maximum atomic E-state index is 13.7. The third kappa shape index (κ3) is 7.94. The fraction of sp³-hybridized carbons (Fsp3) is 0.111. The molecule has 0 amide bonds. The zero-order valence-electron chi connectivity index (χ0n) is 27.2. The highest BCUT2D eigenvalue weighted by Gasteiger charge is 2.19. The molecule has 0 atom stereocenters. The van der Waals surface area contributed by atoms with E-state index >= 15 is 0 Å². The third-order valence-electron chi connectivity index (χ3n) is 7.29. The Hall–Kier alpha value is -6.96. The van der Waals surface area contributed by atoms with Gasteiger partial charge in [0.1, 0.15) is 22.6 Å². The molecule has 0 spiro atoms. The molecule has 5 rings (SSSR count). The molecule has 14 heteroatoms. The Balaban J connectivity index is 1.76. The number of nitro benzene ring substituents is 2. The minimum atomic E-state index is -0.799. The van der Waals surface area contributed by atoms with Crippen molar-refractivity contribution in [1.29, 1.82) is 0 Å². The summed E-state index contributed by atoms with van der Waals surface area (Å²) in [4.78, 5) is 67.3. The largest absolute Gasteiger partial charge is 0.423 e. The van der Waals surface area contributed by atoms with E-state index in [1.54, 1.807) is 76.2 Å². The number of para-hydroxylation sites is 4. The minimum absolute atomic E-state index is 0.0327. The molecule has 5 aromatic rings. The molecule has 0 fully saturated rings. The normalized spacial score (nSPS) is 10.5. The molecule has 0 N–H and O–H groups in total. The average Bonchev–Trinajstić information content (AvgIpc) is 3.06. The van der Waals surface area contributed by atoms with Gasteiger partial charge in [-0.3, -0.25) is 40.2 Å². The molecule has 0 radical (unpaired) electrons. The van der Waals surface area contributed by atoms with Gasteiger partial charge in [0.2, 0.25) is 0 Å². The molecular weight excluding hydrogens is 644 g/mol. The van der Waals surface area contributed by atoms with Gasteiger partial charge >= 0.3 is 11.9 Å². The van der Waals surface area contributed by atoms with Crippen LogP contribution >= 0.6 is 0 Å². The molecule has 250 valence electrons. The highest BCUT2D eigenvalue weighted by atomic mass is 16.6. The van der Waals surface area contributed by atoms with Crippen molar-refractivity contribution >= 4 is 45.4 Å². The van der Waals surface area contributed by atoms with Crippen molar-refractivity contribution in [3.8, 4) is 11.5 Å². The molecule has 0 aliphatic heterocycles. The SMILES string of the molecule is Cc1nc2ccccc2nc(C)c(C(=O)Oc2ccc([N+](=O)[O-])cc2)c(C)nc2ccccc2nc(C)c1C(=O)Oc1ccc([N+](=O)[O-])cc1. The van der Waals surface area contributed by atoms with Gasteiger partial charge in [-0.2, -0.15) is 0 Å². The quantitative estimate of drug-likeness (QED) is 0.0757. The number of benzene rings is 4. The molecular formula is C36H28N6O8. The molecule has 1 heterocycles. The number of esters is 2. The number of nitro groups is 2. The maximum Gasteiger partial charge on any atom is 0.347 e. The first-order chi connectivity index (χ1) is 23.9. The van der Waals surface area contributed by atoms with Gasteiger partial charge in [0.25, 0.3) is 11.4 Å². The molecule has 4 aromatic carbocycles. The molecule has 0 bridgehead atoms. The number of aryl methyl sites for hydroxylation is 4. The van der Waals surface area contributed by atoms with Crippen molar-refractivity contribution in [3.63, 3.8) is 0 Å². The number of rotatable bonds is 6. The first-order valence-corrected chi connectivity index (χ1v) is 15.0. The van der Waals surface area contributed by atoms with Crippen LogP contribution in [0.5, 0.6) is 11.5 Å². The second-order valence-corrected chi connectivity index (χ2v) is 10.8. The van der Waals surface area contributed by atoms with E-state index in [0.717, 1.165) is 0 Å². The minimum Gasteiger partial charge on any atom is -0.423 e. The van der Waals surface area contributed by atoms with E-state index < -0.39 is 21.8 Å². The monoisotopic (exact) mass is 672 g/mol. The summed E-state index contributed by atoms with van der Waals surface area (Å²) in [6.07, 6.45) is 0. The molecule has 1 aromatic heterocycles. The van der Waals surface area contributed by atoms with Crippen LogP contribution < -0.4 is 9.47 Å². The Morgan fingerprint density at radius 3 is 0.980 bits per heavy atom. The molecule has 0 saturated carbocycles. The van der Waals surface area contributed by atoms with E-state index in [1.165, 1.54) is 48.5 Å². The molecule has 0 saturated heterocycles. The van der Waals surface area contributed by atoms with Gasteiger partial charge in [0.05, 0.1) is 54.7 Å². The van der Waals surface area contributed by atoms with Crippen molar-refractivity contribution < 1.29 is 28.9 Å². The van der Waals surface area contributed by atoms with Crippen LogP contribution in [0, 0.1) is 47.9 Å². The van der Waals surface area contributed by atoms with Crippen molar-refractivity contribution in [2.75, 3.05) is 0 Å². The summed E-state index contributed by atoms with van der Waals surface area (Å²) in [6, 6.07) is 23.8. The Morgan fingerprint density at radius 2 is 0.740 bits per heavy atom. The van der Waals surface area contributed by atoms with Crippen LogP contribution in [0.1, 0.15) is 43.5 Å². The van der Waals surface area contributed by atoms with Crippen molar-refractivity contribution in [1.82, 2.24) is 19.9 Å². The Morgan fingerprint density at radius 1 is 0.480 bits per heavy atom. The third-order valence-corrected chi connectivity index (χ3v) is 7.29. The molecule has 0 unspecified atom stereocenters. The molecule has 50 heavy (non-hydrogen) atoms. The molecule has 14 nitrogen and oxygen atoms in total. The highest BCUT2D eigenvalue weighted by molar-refractivity contribution is 5.94. The van der Waals surface area contributed by atoms with Crippen LogP contribution in [0.3, 0.4) is 0 Å². The number of hydrogen-bond donors (Lipinski definition) is 0. The average molecular weight is 673 g/mol. The van der Waals surface area contributed by atoms with Crippen LogP contribution in [0.2, 0.25) is 0 Å². The summed E-state index contributed by atoms with van der Waals surface area (Å²) in [7, 11) is 0. The first kappa shape index (κ1) is 34.4. The van der Waals surface area contributed by atoms with E-state index in [1.807, 2.05) is 0 Å². The van der Waals surface area contributed by atoms with E-state index in [0.29, 0.717) is 22.1 Å². The zero-order chi connectivity index (χ0) is 35.9. The lowest BCUT2D eigenvalue weighted by atomic mass is 10.1. The lowest BCUT2D eigenvalue weighted by Crippen LogP contribution is -2.13. The number of aromatic nitrogens is 4. The summed E-state index contributed by atoms with van der Waals surface area (Å²) in [5, 5.41) is 22.2. The summed E-state index contributed by atoms with van der Waals surface area (Å²) >= 11 is 0. The fourth-order valence-electron chi connectivity index (χ4n) is 4.96. The second-order valence-electron chi connectivity index (χ2n) is 10.8. The number of fused-ring (bicyclic) bond motifs is 2. The van der Waals surface area contributed by atoms with Crippen LogP contribution in [0.4, 0.5) is 11.4 Å². The van der Waals surface area contributed by atoms with Gasteiger partial charge in [0, 0.05) is 24.3 Å². The topological polar surface area (TPSA) is 190 Å². The van der Waals surface area contributed by atoms with Gasteiger partial charge in [-0.05, 0) is 76.2 Å². The maximum absolute atomic E-state index is 13.7. The van der Waals surface area contributed by atoms with Crippen LogP contribution in [0.15, 0.2) is 97.1 Å². The van der Waals surface area contributed by atoms with E-state index in [2.05, 4.69) is 0 Å². The summed E-state index contributed by atoms with van der Waals surface area (Å²) in [6.45, 7) is 6.44. The number of carbonyl (C=O) groups excluding carboxylic acids is 2. The number of non-ortho nitro benzene ring substituents is 2. The van der Waals surface area contributed by atoms with E-state index in [9.17, 15) is 29.8 Å². The Kier molecular flexibility index (Phi) is 10.2. The van der Waals surface area contributed by atoms with Gasteiger partial charge < -0.3 is 9.47 Å². The number of ether oxygens (including phenoxy) is 2. The van der Waals surface area contributed by atoms with Crippen LogP contribution in [0.25, 0.3) is 22.1 Å². The van der Waals surface area contributed by atoms with E-state index in [4.69, 9.17) is 29.4 Å². The number of nitrogens with zero attached hydrogens (tertiary/aromatic N) is 6. The molecule has 0 aliphatic carbocycles. The van der Waals surface area contributed by atoms with E-state index in [-0.39, 0.29) is 56.8 Å². The number of carbonyl (C=O) groups is 2. The lowest BCUT2D eigenvalue weighted by Gasteiger charge is -2.08. The van der Waals surface area contributed by atoms with Gasteiger partial charge in [0.15, 0.2) is 0 Å². The van der Waals surface area contributed by atoms with Gasteiger partial charge in [-0.15, -0.1) is 0 Å². The fourth-order valence-corrected chi connectivity index (χ4v) is 4.96. The smallest absolute Gasteiger partial charge is 0.347 e. The Bertz CT molecular complexity index is 2060. The predicted octanol–water partition coefficient (Wildman–Crippen LogP) is 7.31. The van der Waals surface area contributed by atoms with Crippen LogP contribution in [-0.4, -0.2) is 41.7 Å².